The Labute approximate surface area is 124 Å². The van der Waals surface area contributed by atoms with Gasteiger partial charge < -0.3 is 0 Å². The zero-order valence-corrected chi connectivity index (χ0v) is 11.5. The summed E-state index contributed by atoms with van der Waals surface area (Å²) in [5.41, 5.74) is 8.94. The van der Waals surface area contributed by atoms with Crippen molar-refractivity contribution >= 4 is 28.9 Å². The minimum absolute atomic E-state index is 0.285. The largest absolute Gasteiger partial charge is 0.269 e. The van der Waals surface area contributed by atoms with Gasteiger partial charge in [0.15, 0.2) is 0 Å². The van der Waals surface area contributed by atoms with Crippen LogP contribution in [0.25, 0.3) is 11.1 Å². The van der Waals surface area contributed by atoms with Crippen LogP contribution in [0.5, 0.6) is 0 Å². The summed E-state index contributed by atoms with van der Waals surface area (Å²) in [6, 6.07) is 25.8. The molecule has 96 valence electrons. The van der Waals surface area contributed by atoms with Crippen LogP contribution in [0.15, 0.2) is 77.8 Å². The standard InChI is InChI=1S/C19H12BN/c1-2-9-15-13(7-1)14-8-3-4-10-16(14)20-17-11-5-6-12-18(17)21-19(15)20/h1-12H. The summed E-state index contributed by atoms with van der Waals surface area (Å²) >= 11 is 0. The second-order valence-corrected chi connectivity index (χ2v) is 5.62. The van der Waals surface area contributed by atoms with E-state index in [1.807, 2.05) is 0 Å². The van der Waals surface area contributed by atoms with Crippen LogP contribution >= 0.6 is 0 Å². The number of hydrogen-bond donors (Lipinski definition) is 0. The third-order valence-corrected chi connectivity index (χ3v) is 4.53. The van der Waals surface area contributed by atoms with Crippen LogP contribution in [-0.4, -0.2) is 12.3 Å². The van der Waals surface area contributed by atoms with E-state index in [2.05, 4.69) is 72.8 Å². The first-order valence-corrected chi connectivity index (χ1v) is 7.30. The van der Waals surface area contributed by atoms with E-state index < -0.39 is 0 Å². The Bertz CT molecular complexity index is 911. The van der Waals surface area contributed by atoms with E-state index in [1.54, 1.807) is 0 Å². The highest BCUT2D eigenvalue weighted by molar-refractivity contribution is 7.13. The monoisotopic (exact) mass is 265 g/mol. The van der Waals surface area contributed by atoms with Crippen molar-refractivity contribution in [3.05, 3.63) is 78.4 Å². The summed E-state index contributed by atoms with van der Waals surface area (Å²) < 4.78 is 0. The number of benzene rings is 3. The molecule has 0 bridgehead atoms. The molecule has 0 unspecified atom stereocenters. The Morgan fingerprint density at radius 1 is 0.571 bits per heavy atom. The molecule has 0 amide bonds. The molecule has 0 N–H and O–H groups in total. The Balaban J connectivity index is 1.91. The maximum Gasteiger partial charge on any atom is 0.269 e. The van der Waals surface area contributed by atoms with Crippen LogP contribution in [0.3, 0.4) is 0 Å². The molecule has 3 aromatic carbocycles. The zero-order chi connectivity index (χ0) is 13.8. The molecule has 0 radical (unpaired) electrons. The van der Waals surface area contributed by atoms with E-state index >= 15 is 0 Å². The number of rotatable bonds is 0. The Kier molecular flexibility index (Phi) is 2.09. The highest BCUT2D eigenvalue weighted by Crippen LogP contribution is 2.32. The van der Waals surface area contributed by atoms with Gasteiger partial charge in [-0.05, 0) is 28.2 Å². The van der Waals surface area contributed by atoms with Gasteiger partial charge in [-0.1, -0.05) is 72.2 Å². The first-order valence-electron chi connectivity index (χ1n) is 7.30. The molecule has 21 heavy (non-hydrogen) atoms. The fourth-order valence-corrected chi connectivity index (χ4v) is 3.64. The lowest BCUT2D eigenvalue weighted by atomic mass is 9.35. The van der Waals surface area contributed by atoms with E-state index in [0.717, 1.165) is 5.69 Å². The zero-order valence-electron chi connectivity index (χ0n) is 11.5. The lowest BCUT2D eigenvalue weighted by molar-refractivity contribution is 1.55. The molecule has 0 atom stereocenters. The molecule has 2 heteroatoms. The fourth-order valence-electron chi connectivity index (χ4n) is 3.64. The van der Waals surface area contributed by atoms with Crippen LogP contribution in [0.1, 0.15) is 5.56 Å². The van der Waals surface area contributed by atoms with Gasteiger partial charge in [0.2, 0.25) is 0 Å². The van der Waals surface area contributed by atoms with E-state index in [-0.39, 0.29) is 6.71 Å². The van der Waals surface area contributed by atoms with E-state index in [1.165, 1.54) is 33.2 Å². The molecule has 0 saturated heterocycles. The van der Waals surface area contributed by atoms with Gasteiger partial charge in [0.05, 0.1) is 5.69 Å². The van der Waals surface area contributed by atoms with Crippen molar-refractivity contribution in [2.24, 2.45) is 4.99 Å². The van der Waals surface area contributed by atoms with Gasteiger partial charge in [-0.15, -0.1) is 0 Å². The third kappa shape index (κ3) is 1.39. The van der Waals surface area contributed by atoms with Crippen LogP contribution in [0.4, 0.5) is 5.69 Å². The Morgan fingerprint density at radius 3 is 2.05 bits per heavy atom. The summed E-state index contributed by atoms with van der Waals surface area (Å²) in [4.78, 5) is 4.93. The third-order valence-electron chi connectivity index (χ3n) is 4.53. The molecule has 3 aromatic rings. The topological polar surface area (TPSA) is 12.4 Å². The second-order valence-electron chi connectivity index (χ2n) is 5.62. The van der Waals surface area contributed by atoms with Crippen molar-refractivity contribution in [3.63, 3.8) is 0 Å². The minimum atomic E-state index is 0.285. The molecule has 0 aromatic heterocycles. The van der Waals surface area contributed by atoms with Gasteiger partial charge in [-0.3, -0.25) is 4.99 Å². The van der Waals surface area contributed by atoms with Gasteiger partial charge in [0.1, 0.15) is 0 Å². The molecular formula is C19H12BN. The Hall–Kier alpha value is -2.61. The predicted octanol–water partition coefficient (Wildman–Crippen LogP) is 2.95. The molecule has 0 aliphatic carbocycles. The smallest absolute Gasteiger partial charge is 0.262 e. The molecule has 2 heterocycles. The number of hydrogen-bond acceptors (Lipinski definition) is 1. The molecule has 2 aliphatic rings. The van der Waals surface area contributed by atoms with Crippen LogP contribution in [0.2, 0.25) is 0 Å². The molecule has 0 spiro atoms. The molecule has 0 saturated carbocycles. The summed E-state index contributed by atoms with van der Waals surface area (Å²) in [5, 5.41) is 0. The van der Waals surface area contributed by atoms with Crippen LogP contribution < -0.4 is 10.9 Å². The lowest BCUT2D eigenvalue weighted by Gasteiger charge is -2.24. The SMILES string of the molecule is c1ccc2c(c1)N=C1B2c2ccccc2-c2ccccc21. The van der Waals surface area contributed by atoms with Gasteiger partial charge in [0.25, 0.3) is 6.71 Å². The number of para-hydroxylation sites is 1. The predicted molar refractivity (Wildman–Crippen MR) is 89.5 cm³/mol. The molecular weight excluding hydrogens is 253 g/mol. The minimum Gasteiger partial charge on any atom is -0.262 e. The van der Waals surface area contributed by atoms with Crippen molar-refractivity contribution in [2.75, 3.05) is 0 Å². The van der Waals surface area contributed by atoms with Crippen molar-refractivity contribution in [2.45, 2.75) is 0 Å². The summed E-state index contributed by atoms with van der Waals surface area (Å²) in [6.07, 6.45) is 0. The second kappa shape index (κ2) is 3.95. The normalized spacial score (nSPS) is 13.9. The highest BCUT2D eigenvalue weighted by atomic mass is 14.8. The number of nitrogens with zero attached hydrogens (tertiary/aromatic N) is 1. The molecule has 1 nitrogen and oxygen atoms in total. The van der Waals surface area contributed by atoms with Crippen LogP contribution in [0, 0.1) is 0 Å². The lowest BCUT2D eigenvalue weighted by Crippen LogP contribution is -2.50. The maximum absolute atomic E-state index is 4.93. The molecule has 0 fully saturated rings. The Morgan fingerprint density at radius 2 is 1.19 bits per heavy atom. The number of aliphatic imine (C=N–C) groups is 1. The van der Waals surface area contributed by atoms with Gasteiger partial charge in [-0.25, -0.2) is 0 Å². The van der Waals surface area contributed by atoms with Crippen molar-refractivity contribution in [1.29, 1.82) is 0 Å². The van der Waals surface area contributed by atoms with Crippen molar-refractivity contribution < 1.29 is 0 Å². The number of fused-ring (bicyclic) bond motifs is 8. The van der Waals surface area contributed by atoms with E-state index in [9.17, 15) is 0 Å². The van der Waals surface area contributed by atoms with Gasteiger partial charge in [0, 0.05) is 5.61 Å². The molecule has 2 aliphatic heterocycles. The quantitative estimate of drug-likeness (QED) is 0.554. The van der Waals surface area contributed by atoms with E-state index in [4.69, 9.17) is 4.99 Å². The average Bonchev–Trinajstić information content (AvgIpc) is 2.95. The summed E-state index contributed by atoms with van der Waals surface area (Å²) in [5.74, 6) is 0. The fraction of sp³-hybridized carbons (Fsp3) is 0. The molecule has 5 rings (SSSR count). The summed E-state index contributed by atoms with van der Waals surface area (Å²) in [6.45, 7) is 0.285. The van der Waals surface area contributed by atoms with Crippen molar-refractivity contribution in [1.82, 2.24) is 0 Å². The van der Waals surface area contributed by atoms with Gasteiger partial charge in [-0.2, -0.15) is 0 Å². The first-order chi connectivity index (χ1) is 10.4. The average molecular weight is 265 g/mol. The highest BCUT2D eigenvalue weighted by Gasteiger charge is 2.39. The maximum atomic E-state index is 4.93. The van der Waals surface area contributed by atoms with E-state index in [0.29, 0.717) is 0 Å². The first kappa shape index (κ1) is 11.1. The summed E-state index contributed by atoms with van der Waals surface area (Å²) in [7, 11) is 0. The van der Waals surface area contributed by atoms with Crippen molar-refractivity contribution in [3.8, 4) is 11.1 Å². The van der Waals surface area contributed by atoms with Gasteiger partial charge >= 0.3 is 0 Å². The van der Waals surface area contributed by atoms with Crippen LogP contribution in [-0.2, 0) is 0 Å².